The van der Waals surface area contributed by atoms with E-state index >= 15 is 0 Å². The first-order valence-corrected chi connectivity index (χ1v) is 8.38. The number of aromatic nitrogens is 3. The quantitative estimate of drug-likeness (QED) is 0.868. The van der Waals surface area contributed by atoms with Crippen LogP contribution in [-0.4, -0.2) is 45.0 Å². The molecule has 0 spiro atoms. The molecule has 4 rings (SSSR count). The molecule has 2 aromatic heterocycles. The Kier molecular flexibility index (Phi) is 3.35. The molecule has 0 amide bonds. The number of hydrogen-bond acceptors (Lipinski definition) is 6. The minimum absolute atomic E-state index is 0.562. The largest absolute Gasteiger partial charge is 0.336 e. The molecule has 0 aromatic carbocycles. The van der Waals surface area contributed by atoms with Crippen molar-refractivity contribution >= 4 is 17.3 Å². The van der Waals surface area contributed by atoms with Crippen LogP contribution < -0.4 is 4.90 Å². The van der Waals surface area contributed by atoms with Crippen molar-refractivity contribution in [3.63, 3.8) is 0 Å². The summed E-state index contributed by atoms with van der Waals surface area (Å²) in [5.41, 5.74) is 1.22. The predicted octanol–water partition coefficient (Wildman–Crippen LogP) is 2.09. The van der Waals surface area contributed by atoms with Gasteiger partial charge in [0.1, 0.15) is 0 Å². The van der Waals surface area contributed by atoms with Gasteiger partial charge in [0, 0.05) is 49.5 Å². The molecule has 2 aliphatic heterocycles. The lowest BCUT2D eigenvalue weighted by molar-refractivity contribution is 0.243. The average Bonchev–Trinajstić information content (AvgIpc) is 3.18. The SMILES string of the molecule is Cc1nc(CN2CC[C@H]3[C@H]2CCN3c2ncccn2)cs1. The molecule has 0 saturated carbocycles. The van der Waals surface area contributed by atoms with Crippen molar-refractivity contribution in [2.45, 2.75) is 38.4 Å². The molecule has 2 aromatic rings. The molecular weight excluding hydrogens is 282 g/mol. The van der Waals surface area contributed by atoms with Gasteiger partial charge in [-0.1, -0.05) is 0 Å². The van der Waals surface area contributed by atoms with E-state index < -0.39 is 0 Å². The Hall–Kier alpha value is -1.53. The highest BCUT2D eigenvalue weighted by Gasteiger charge is 2.43. The fraction of sp³-hybridized carbons (Fsp3) is 0.533. The van der Waals surface area contributed by atoms with E-state index in [1.807, 2.05) is 18.5 Å². The van der Waals surface area contributed by atoms with E-state index in [0.29, 0.717) is 12.1 Å². The molecule has 0 aliphatic carbocycles. The van der Waals surface area contributed by atoms with Gasteiger partial charge in [-0.05, 0) is 25.8 Å². The van der Waals surface area contributed by atoms with Crippen molar-refractivity contribution in [1.29, 1.82) is 0 Å². The molecule has 21 heavy (non-hydrogen) atoms. The molecule has 2 fully saturated rings. The topological polar surface area (TPSA) is 45.2 Å². The Morgan fingerprint density at radius 3 is 2.76 bits per heavy atom. The number of hydrogen-bond donors (Lipinski definition) is 0. The fourth-order valence-corrected chi connectivity index (χ4v) is 4.25. The molecule has 2 saturated heterocycles. The van der Waals surface area contributed by atoms with Gasteiger partial charge in [0.2, 0.25) is 5.95 Å². The zero-order valence-corrected chi connectivity index (χ0v) is 13.0. The summed E-state index contributed by atoms with van der Waals surface area (Å²) < 4.78 is 0. The molecule has 5 nitrogen and oxygen atoms in total. The number of nitrogens with zero attached hydrogens (tertiary/aromatic N) is 5. The molecule has 0 N–H and O–H groups in total. The zero-order valence-electron chi connectivity index (χ0n) is 12.1. The van der Waals surface area contributed by atoms with E-state index in [4.69, 9.17) is 0 Å². The first-order chi connectivity index (χ1) is 10.3. The van der Waals surface area contributed by atoms with Crippen molar-refractivity contribution in [2.75, 3.05) is 18.0 Å². The molecule has 110 valence electrons. The first kappa shape index (κ1) is 13.2. The summed E-state index contributed by atoms with van der Waals surface area (Å²) in [4.78, 5) is 18.4. The number of likely N-dealkylation sites (tertiary alicyclic amines) is 1. The third-order valence-electron chi connectivity index (χ3n) is 4.53. The van der Waals surface area contributed by atoms with Crippen LogP contribution in [0.4, 0.5) is 5.95 Å². The van der Waals surface area contributed by atoms with Crippen LogP contribution in [-0.2, 0) is 6.54 Å². The summed E-state index contributed by atoms with van der Waals surface area (Å²) in [6.07, 6.45) is 6.07. The van der Waals surface area contributed by atoms with Gasteiger partial charge in [-0.25, -0.2) is 15.0 Å². The van der Waals surface area contributed by atoms with Crippen LogP contribution in [0.25, 0.3) is 0 Å². The Bertz CT molecular complexity index is 614. The number of fused-ring (bicyclic) bond motifs is 1. The maximum Gasteiger partial charge on any atom is 0.225 e. The molecule has 0 unspecified atom stereocenters. The predicted molar refractivity (Wildman–Crippen MR) is 83.4 cm³/mol. The Morgan fingerprint density at radius 2 is 2.00 bits per heavy atom. The lowest BCUT2D eigenvalue weighted by atomic mass is 10.1. The molecule has 0 radical (unpaired) electrons. The van der Waals surface area contributed by atoms with Crippen molar-refractivity contribution in [1.82, 2.24) is 19.9 Å². The molecule has 2 aliphatic rings. The average molecular weight is 301 g/mol. The zero-order chi connectivity index (χ0) is 14.2. The van der Waals surface area contributed by atoms with Crippen LogP contribution in [0.3, 0.4) is 0 Å². The van der Waals surface area contributed by atoms with Gasteiger partial charge >= 0.3 is 0 Å². The summed E-state index contributed by atoms with van der Waals surface area (Å²) >= 11 is 1.74. The van der Waals surface area contributed by atoms with Crippen molar-refractivity contribution in [3.05, 3.63) is 34.5 Å². The number of thiazole rings is 1. The third-order valence-corrected chi connectivity index (χ3v) is 5.35. The maximum atomic E-state index is 4.60. The van der Waals surface area contributed by atoms with E-state index in [-0.39, 0.29) is 0 Å². The lowest BCUT2D eigenvalue weighted by Crippen LogP contribution is -2.37. The van der Waals surface area contributed by atoms with Crippen molar-refractivity contribution in [2.24, 2.45) is 0 Å². The lowest BCUT2D eigenvalue weighted by Gasteiger charge is -2.25. The van der Waals surface area contributed by atoms with Crippen LogP contribution in [0, 0.1) is 6.92 Å². The number of rotatable bonds is 3. The highest BCUT2D eigenvalue weighted by Crippen LogP contribution is 2.34. The highest BCUT2D eigenvalue weighted by atomic mass is 32.1. The summed E-state index contributed by atoms with van der Waals surface area (Å²) in [5, 5.41) is 3.35. The maximum absolute atomic E-state index is 4.60. The van der Waals surface area contributed by atoms with Crippen molar-refractivity contribution < 1.29 is 0 Å². The molecule has 0 bridgehead atoms. The number of aryl methyl sites for hydroxylation is 1. The Labute approximate surface area is 128 Å². The molecule has 4 heterocycles. The Balaban J connectivity index is 1.48. The van der Waals surface area contributed by atoms with Crippen molar-refractivity contribution in [3.8, 4) is 0 Å². The van der Waals surface area contributed by atoms with Crippen LogP contribution in [0.15, 0.2) is 23.8 Å². The third kappa shape index (κ3) is 2.42. The summed E-state index contributed by atoms with van der Waals surface area (Å²) in [5.74, 6) is 0.886. The van der Waals surface area contributed by atoms with Gasteiger partial charge in [0.25, 0.3) is 0 Å². The monoisotopic (exact) mass is 301 g/mol. The Morgan fingerprint density at radius 1 is 1.19 bits per heavy atom. The van der Waals surface area contributed by atoms with Gasteiger partial charge in [0.05, 0.1) is 10.7 Å². The van der Waals surface area contributed by atoms with Gasteiger partial charge in [-0.2, -0.15) is 0 Å². The first-order valence-electron chi connectivity index (χ1n) is 7.50. The second-order valence-corrected chi connectivity index (χ2v) is 6.84. The van der Waals surface area contributed by atoms with Gasteiger partial charge in [0.15, 0.2) is 0 Å². The van der Waals surface area contributed by atoms with E-state index in [1.165, 1.54) is 18.5 Å². The second kappa shape index (κ2) is 5.35. The second-order valence-electron chi connectivity index (χ2n) is 5.78. The fourth-order valence-electron chi connectivity index (χ4n) is 3.65. The summed E-state index contributed by atoms with van der Waals surface area (Å²) in [6, 6.07) is 3.06. The molecular formula is C15H19N5S. The van der Waals surface area contributed by atoms with E-state index in [2.05, 4.69) is 37.1 Å². The van der Waals surface area contributed by atoms with E-state index in [1.54, 1.807) is 11.3 Å². The van der Waals surface area contributed by atoms with Crippen LogP contribution in [0.1, 0.15) is 23.5 Å². The minimum atomic E-state index is 0.562. The van der Waals surface area contributed by atoms with Crippen LogP contribution >= 0.6 is 11.3 Å². The summed E-state index contributed by atoms with van der Waals surface area (Å²) in [6.45, 7) is 5.27. The minimum Gasteiger partial charge on any atom is -0.336 e. The van der Waals surface area contributed by atoms with Gasteiger partial charge in [-0.15, -0.1) is 11.3 Å². The molecule has 6 heteroatoms. The van der Waals surface area contributed by atoms with E-state index in [9.17, 15) is 0 Å². The smallest absolute Gasteiger partial charge is 0.225 e. The van der Waals surface area contributed by atoms with Gasteiger partial charge < -0.3 is 4.90 Å². The standard InChI is InChI=1S/C15H19N5S/c1-11-18-12(10-21-11)9-19-7-3-14-13(19)4-8-20(14)15-16-5-2-6-17-15/h2,5-6,10,13-14H,3-4,7-9H2,1H3/t13-,14+/m1/s1. The summed E-state index contributed by atoms with van der Waals surface area (Å²) in [7, 11) is 0. The highest BCUT2D eigenvalue weighted by molar-refractivity contribution is 7.09. The van der Waals surface area contributed by atoms with Crippen LogP contribution in [0.5, 0.6) is 0 Å². The molecule has 2 atom stereocenters. The number of anilines is 1. The normalized spacial score (nSPS) is 25.5. The van der Waals surface area contributed by atoms with Crippen LogP contribution in [0.2, 0.25) is 0 Å². The van der Waals surface area contributed by atoms with E-state index in [0.717, 1.165) is 30.6 Å². The van der Waals surface area contributed by atoms with Gasteiger partial charge in [-0.3, -0.25) is 4.90 Å².